The average Bonchev–Trinajstić information content (AvgIpc) is 1.73. The van der Waals surface area contributed by atoms with Crippen LogP contribution in [-0.2, 0) is 33.3 Å². The van der Waals surface area contributed by atoms with E-state index in [1.165, 1.54) is 55.4 Å². The minimum atomic E-state index is -1.08. The Labute approximate surface area is 588 Å². The van der Waals surface area contributed by atoms with Crippen molar-refractivity contribution in [3.63, 3.8) is 0 Å². The molecule has 0 radical (unpaired) electrons. The summed E-state index contributed by atoms with van der Waals surface area (Å²) in [7, 11) is 0. The molecule has 2 atom stereocenters. The number of nitrogens with zero attached hydrogens (tertiary/aromatic N) is 6. The summed E-state index contributed by atoms with van der Waals surface area (Å²) in [5.41, 5.74) is 14.8. The van der Waals surface area contributed by atoms with Gasteiger partial charge in [-0.1, -0.05) is 111 Å². The lowest BCUT2D eigenvalue weighted by atomic mass is 9.86. The Morgan fingerprint density at radius 3 is 1.33 bits per heavy atom. The fourth-order valence-corrected chi connectivity index (χ4v) is 12.5. The van der Waals surface area contributed by atoms with Gasteiger partial charge in [-0.15, -0.1) is 0 Å². The van der Waals surface area contributed by atoms with Gasteiger partial charge in [-0.3, -0.25) is 0 Å². The number of allylic oxidation sites excluding steroid dienone is 2. The van der Waals surface area contributed by atoms with E-state index in [-0.39, 0.29) is 58.5 Å². The van der Waals surface area contributed by atoms with Gasteiger partial charge in [0.2, 0.25) is 0 Å². The number of esters is 1. The topological polar surface area (TPSA) is 195 Å². The highest BCUT2D eigenvalue weighted by atomic mass is 16.6. The second kappa shape index (κ2) is 35.3. The maximum atomic E-state index is 12.9. The van der Waals surface area contributed by atoms with Gasteiger partial charge in [-0.05, 0) is 229 Å². The fourth-order valence-electron chi connectivity index (χ4n) is 12.5. The number of ether oxygens (including phenoxy) is 7. The summed E-state index contributed by atoms with van der Waals surface area (Å²) in [5.74, 6) is -0.190. The van der Waals surface area contributed by atoms with Gasteiger partial charge in [0.1, 0.15) is 35.9 Å². The van der Waals surface area contributed by atoms with E-state index in [9.17, 15) is 19.2 Å². The van der Waals surface area contributed by atoms with Gasteiger partial charge in [0.25, 0.3) is 0 Å². The summed E-state index contributed by atoms with van der Waals surface area (Å²) in [6, 6.07) is 46.3. The maximum Gasteiger partial charge on any atom is 0.410 e. The molecule has 100 heavy (non-hydrogen) atoms. The van der Waals surface area contributed by atoms with Crippen molar-refractivity contribution in [2.75, 3.05) is 59.2 Å². The van der Waals surface area contributed by atoms with Crippen molar-refractivity contribution in [1.82, 2.24) is 29.4 Å². The van der Waals surface area contributed by atoms with Crippen LogP contribution in [-0.4, -0.2) is 129 Å². The molecule has 2 fully saturated rings. The first-order valence-corrected chi connectivity index (χ1v) is 35.0. The van der Waals surface area contributed by atoms with Gasteiger partial charge >= 0.3 is 24.1 Å². The van der Waals surface area contributed by atoms with Crippen molar-refractivity contribution >= 4 is 68.2 Å². The SMILES string of the molecule is CC/C(=C(/c1ccc(OCCN(C/C=C/C(=O)O)C(=O)OC(C)(C)C)cc1)c1ccc2c(cnn2C2CCCCO2)c1)c1ccccc1C.CCOC(=O)/C=C/CN(CCOc1ccc(/C(=C(/CC)c2ccccc2C)c2ccc3c(cnn3C3CCCCO3)c2)cc1)C(=O)OC(C)(C)C. The van der Waals surface area contributed by atoms with Crippen LogP contribution in [0.5, 0.6) is 11.5 Å². The molecule has 8 aromatic rings. The first kappa shape index (κ1) is 74.4. The lowest BCUT2D eigenvalue weighted by molar-refractivity contribution is -0.137. The summed E-state index contributed by atoms with van der Waals surface area (Å²) in [6.07, 6.45) is 16.2. The predicted molar refractivity (Wildman–Crippen MR) is 394 cm³/mol. The van der Waals surface area contributed by atoms with Crippen LogP contribution in [0.4, 0.5) is 9.59 Å². The van der Waals surface area contributed by atoms with Crippen LogP contribution in [0.3, 0.4) is 0 Å². The number of hydrogen-bond donors (Lipinski definition) is 1. The van der Waals surface area contributed by atoms with Crippen LogP contribution in [0.1, 0.15) is 171 Å². The number of carbonyl (C=O) groups is 4. The molecule has 2 aliphatic rings. The van der Waals surface area contributed by atoms with Gasteiger partial charge in [0.05, 0.1) is 43.1 Å². The van der Waals surface area contributed by atoms with E-state index < -0.39 is 35.3 Å². The predicted octanol–water partition coefficient (Wildman–Crippen LogP) is 17.8. The zero-order valence-electron chi connectivity index (χ0n) is 60.0. The molecule has 2 aliphatic heterocycles. The molecule has 0 bridgehead atoms. The molecular weight excluding hydrogens is 1260 g/mol. The van der Waals surface area contributed by atoms with E-state index >= 15 is 0 Å². The number of carboxylic acid groups (broad SMARTS) is 1. The molecule has 0 aliphatic carbocycles. The second-order valence-corrected chi connectivity index (χ2v) is 26.9. The number of benzene rings is 6. The van der Waals surface area contributed by atoms with Crippen LogP contribution in [0.15, 0.2) is 170 Å². The molecular formula is C82H98N6O12. The molecule has 10 rings (SSSR count). The van der Waals surface area contributed by atoms with Crippen LogP contribution in [0, 0.1) is 13.8 Å². The average molecular weight is 1360 g/mol. The van der Waals surface area contributed by atoms with Crippen LogP contribution in [0.25, 0.3) is 44.1 Å². The van der Waals surface area contributed by atoms with Crippen LogP contribution >= 0.6 is 0 Å². The van der Waals surface area contributed by atoms with Gasteiger partial charge in [-0.2, -0.15) is 10.2 Å². The Balaban J connectivity index is 0.000000233. The summed E-state index contributed by atoms with van der Waals surface area (Å²) < 4.78 is 44.4. The molecule has 0 saturated carbocycles. The third kappa shape index (κ3) is 20.4. The third-order valence-corrected chi connectivity index (χ3v) is 17.2. The number of aromatic nitrogens is 4. The van der Waals surface area contributed by atoms with Crippen molar-refractivity contribution in [2.45, 2.75) is 151 Å². The van der Waals surface area contributed by atoms with Crippen molar-refractivity contribution in [3.05, 3.63) is 215 Å². The summed E-state index contributed by atoms with van der Waals surface area (Å²) in [4.78, 5) is 51.4. The number of carbonyl (C=O) groups excluding carboxylic acids is 3. The standard InChI is InChI=1S/C42H51N3O6.C40H47N3O6/c1-7-35(36-15-10-9-14-30(36)3)40(32-20-23-37-33(28-32)29-43-45(37)38-16-11-12-26-50-38)31-18-21-34(22-19-31)49-27-25-44(41(47)51-42(4,5)6)24-13-17-39(46)48-8-2;1-6-33(34-13-8-7-12-28(34)2)38(30-18-21-35-31(26-30)27-41-43(35)36-14-9-10-24-48-36)29-16-19-32(20-17-29)47-25-23-42(22-11-15-37(44)45)39(46)49-40(3,4)5/h9-10,13-15,17-23,28-29,38H,7-8,11-12,16,24-27H2,1-6H3;7-8,11-13,15-21,26-27,36H,6,9-10,14,22-25H2,1-5H3,(H,44,45)/b17-13+,40-35+;15-11+,38-33+. The van der Waals surface area contributed by atoms with Gasteiger partial charge in [-0.25, -0.2) is 28.5 Å². The molecule has 2 unspecified atom stereocenters. The summed E-state index contributed by atoms with van der Waals surface area (Å²) in [5, 5.41) is 20.6. The first-order chi connectivity index (χ1) is 48.1. The molecule has 528 valence electrons. The van der Waals surface area contributed by atoms with Crippen molar-refractivity contribution < 1.29 is 57.4 Å². The Hall–Kier alpha value is -9.78. The summed E-state index contributed by atoms with van der Waals surface area (Å²) >= 11 is 0. The third-order valence-electron chi connectivity index (χ3n) is 17.2. The highest BCUT2D eigenvalue weighted by molar-refractivity contribution is 6.02. The minimum Gasteiger partial charge on any atom is -0.492 e. The second-order valence-electron chi connectivity index (χ2n) is 26.9. The molecule has 18 nitrogen and oxygen atoms in total. The first-order valence-electron chi connectivity index (χ1n) is 35.0. The minimum absolute atomic E-state index is 0.0277. The smallest absolute Gasteiger partial charge is 0.410 e. The van der Waals surface area contributed by atoms with Gasteiger partial charge < -0.3 is 48.1 Å². The molecule has 18 heteroatoms. The van der Waals surface area contributed by atoms with E-state index in [2.05, 4.69) is 137 Å². The molecule has 1 N–H and O–H groups in total. The highest BCUT2D eigenvalue weighted by Gasteiger charge is 2.26. The molecule has 6 aromatic carbocycles. The largest absolute Gasteiger partial charge is 0.492 e. The Morgan fingerprint density at radius 1 is 0.550 bits per heavy atom. The molecule has 2 amide bonds. The Morgan fingerprint density at radius 2 is 0.960 bits per heavy atom. The fraction of sp³-hybridized carbons (Fsp3) is 0.390. The molecule has 2 saturated heterocycles. The lowest BCUT2D eigenvalue weighted by Gasteiger charge is -2.26. The number of hydrogen-bond acceptors (Lipinski definition) is 13. The van der Waals surface area contributed by atoms with E-state index in [1.54, 1.807) is 33.8 Å². The number of carboxylic acids is 1. The van der Waals surface area contributed by atoms with E-state index in [1.807, 2.05) is 66.8 Å². The Kier molecular flexibility index (Phi) is 26.3. The quantitative estimate of drug-likeness (QED) is 0.0246. The summed E-state index contributed by atoms with van der Waals surface area (Å²) in [6.45, 7) is 24.3. The van der Waals surface area contributed by atoms with E-state index in [4.69, 9.17) is 48.5 Å². The molecule has 2 aromatic heterocycles. The zero-order chi connectivity index (χ0) is 71.3. The molecule has 4 heterocycles. The number of aliphatic carboxylic acids is 1. The number of amides is 2. The Bertz CT molecular complexity index is 4190. The van der Waals surface area contributed by atoms with Crippen LogP contribution in [0.2, 0.25) is 0 Å². The molecule has 0 spiro atoms. The lowest BCUT2D eigenvalue weighted by Crippen LogP contribution is -2.39. The van der Waals surface area contributed by atoms with Crippen molar-refractivity contribution in [1.29, 1.82) is 0 Å². The van der Waals surface area contributed by atoms with Gasteiger partial charge in [0, 0.05) is 49.2 Å². The van der Waals surface area contributed by atoms with E-state index in [0.717, 1.165) is 126 Å². The highest BCUT2D eigenvalue weighted by Crippen LogP contribution is 2.40. The van der Waals surface area contributed by atoms with Crippen molar-refractivity contribution in [3.8, 4) is 11.5 Å². The monoisotopic (exact) mass is 1360 g/mol. The zero-order valence-corrected chi connectivity index (χ0v) is 60.0. The van der Waals surface area contributed by atoms with Gasteiger partial charge in [0.15, 0.2) is 12.5 Å². The number of aryl methyl sites for hydroxylation is 2. The van der Waals surface area contributed by atoms with Crippen LogP contribution < -0.4 is 9.47 Å². The number of fused-ring (bicyclic) bond motifs is 2. The maximum absolute atomic E-state index is 12.9. The van der Waals surface area contributed by atoms with E-state index in [0.29, 0.717) is 11.5 Å². The normalized spacial score (nSPS) is 15.6. The number of rotatable bonds is 25. The van der Waals surface area contributed by atoms with Crippen molar-refractivity contribution in [2.24, 2.45) is 0 Å².